The minimum Gasteiger partial charge on any atom is -0.481 e. The maximum atomic E-state index is 12.0. The number of carbonyl (C=O) groups excluding carboxylic acids is 1. The van der Waals surface area contributed by atoms with Crippen molar-refractivity contribution in [2.75, 3.05) is 26.8 Å². The van der Waals surface area contributed by atoms with E-state index in [1.807, 2.05) is 66.7 Å². The Morgan fingerprint density at radius 3 is 2.44 bits per heavy atom. The van der Waals surface area contributed by atoms with Gasteiger partial charge in [0.1, 0.15) is 0 Å². The summed E-state index contributed by atoms with van der Waals surface area (Å²) in [5.74, 6) is -1.19. The molecular formula is C36H44N2O7. The number of ether oxygens (including phenoxy) is 3. The molecule has 3 N–H and O–H groups in total. The fraction of sp³-hybridized carbons (Fsp3) is 0.444. The average molecular weight is 617 g/mol. The van der Waals surface area contributed by atoms with Crippen molar-refractivity contribution < 1.29 is 34.0 Å². The van der Waals surface area contributed by atoms with Gasteiger partial charge in [0.25, 0.3) is 0 Å². The van der Waals surface area contributed by atoms with Crippen molar-refractivity contribution in [2.24, 2.45) is 5.92 Å². The van der Waals surface area contributed by atoms with Crippen LogP contribution in [0, 0.1) is 5.92 Å². The van der Waals surface area contributed by atoms with Gasteiger partial charge in [-0.25, -0.2) is 0 Å². The molecule has 0 saturated carbocycles. The molecule has 2 saturated heterocycles. The maximum Gasteiger partial charge on any atom is 0.303 e. The van der Waals surface area contributed by atoms with Crippen LogP contribution in [0.5, 0.6) is 0 Å². The van der Waals surface area contributed by atoms with Crippen LogP contribution < -0.4 is 5.32 Å². The number of methoxy groups -OCH3 is 1. The minimum absolute atomic E-state index is 0.00332. The second-order valence-corrected chi connectivity index (χ2v) is 12.1. The van der Waals surface area contributed by atoms with Crippen LogP contribution in [0.1, 0.15) is 67.3 Å². The number of hydrogen-bond donors (Lipinski definition) is 3. The van der Waals surface area contributed by atoms with E-state index in [9.17, 15) is 14.7 Å². The molecule has 9 heteroatoms. The zero-order valence-corrected chi connectivity index (χ0v) is 26.1. The molecule has 2 aliphatic rings. The van der Waals surface area contributed by atoms with Gasteiger partial charge < -0.3 is 29.7 Å². The molecule has 1 amide bonds. The molecule has 2 aliphatic heterocycles. The second kappa shape index (κ2) is 15.6. The summed E-state index contributed by atoms with van der Waals surface area (Å²) in [7, 11) is 1.76. The number of carboxylic acids is 1. The first-order chi connectivity index (χ1) is 21.8. The van der Waals surface area contributed by atoms with E-state index in [-0.39, 0.29) is 43.5 Å². The van der Waals surface area contributed by atoms with Gasteiger partial charge in [-0.15, -0.1) is 0 Å². The number of carboxylic acid groups (broad SMARTS) is 1. The number of nitrogens with one attached hydrogen (secondary N) is 1. The summed E-state index contributed by atoms with van der Waals surface area (Å²) in [6.07, 6.45) is 1.19. The van der Waals surface area contributed by atoms with Gasteiger partial charge in [-0.2, -0.15) is 0 Å². The number of amides is 1. The largest absolute Gasteiger partial charge is 0.481 e. The third-order valence-corrected chi connectivity index (χ3v) is 8.87. The number of aliphatic hydroxyl groups excluding tert-OH is 1. The second-order valence-electron chi connectivity index (χ2n) is 12.1. The first-order valence-corrected chi connectivity index (χ1v) is 15.8. The normalized spacial score (nSPS) is 23.6. The van der Waals surface area contributed by atoms with Gasteiger partial charge in [0.15, 0.2) is 6.29 Å². The van der Waals surface area contributed by atoms with Crippen molar-refractivity contribution in [3.63, 3.8) is 0 Å². The molecule has 0 bridgehead atoms. The van der Waals surface area contributed by atoms with Gasteiger partial charge in [0, 0.05) is 44.1 Å². The van der Waals surface area contributed by atoms with E-state index in [1.54, 1.807) is 7.11 Å². The molecule has 5 atom stereocenters. The van der Waals surface area contributed by atoms with Crippen LogP contribution >= 0.6 is 0 Å². The molecule has 0 unspecified atom stereocenters. The Bertz CT molecular complexity index is 1430. The molecule has 3 aromatic carbocycles. The van der Waals surface area contributed by atoms with Gasteiger partial charge in [0.05, 0.1) is 31.8 Å². The monoisotopic (exact) mass is 616 g/mol. The van der Waals surface area contributed by atoms with Gasteiger partial charge >= 0.3 is 5.97 Å². The molecule has 2 heterocycles. The Kier molecular flexibility index (Phi) is 11.4. The summed E-state index contributed by atoms with van der Waals surface area (Å²) in [5.41, 5.74) is 5.75. The highest BCUT2D eigenvalue weighted by atomic mass is 16.7. The quantitative estimate of drug-likeness (QED) is 0.239. The molecule has 0 radical (unpaired) electrons. The lowest BCUT2D eigenvalue weighted by molar-refractivity contribution is -0.276. The maximum absolute atomic E-state index is 12.0. The molecule has 45 heavy (non-hydrogen) atoms. The van der Waals surface area contributed by atoms with Crippen molar-refractivity contribution >= 4 is 11.9 Å². The number of hydrogen-bond acceptors (Lipinski definition) is 7. The predicted molar refractivity (Wildman–Crippen MR) is 170 cm³/mol. The standard InChI is InChI=1S/C36H44N2O7/c1-24-32(21-38-17-5-10-31(38)23-43-2)44-36(45-35(24)27-13-11-25(22-39)12-14-27)30-9-4-8-29(19-30)28-7-3-6-26(18-28)20-37-33(40)15-16-34(41)42/h3-4,6-9,11-14,18-19,24,31-32,35-36,39H,5,10,15-17,20-23H2,1-2H3,(H,37,40)(H,41,42)/t24-,31-,32+,35+,36+/m0/s1. The zero-order valence-electron chi connectivity index (χ0n) is 26.1. The van der Waals surface area contributed by atoms with E-state index in [2.05, 4.69) is 23.2 Å². The number of likely N-dealkylation sites (tertiary alicyclic amines) is 1. The lowest BCUT2D eigenvalue weighted by Crippen LogP contribution is -2.46. The van der Waals surface area contributed by atoms with E-state index in [0.717, 1.165) is 59.3 Å². The van der Waals surface area contributed by atoms with Crippen molar-refractivity contribution in [1.29, 1.82) is 0 Å². The van der Waals surface area contributed by atoms with Crippen LogP contribution in [0.25, 0.3) is 11.1 Å². The minimum atomic E-state index is -0.990. The number of aliphatic hydroxyl groups is 1. The smallest absolute Gasteiger partial charge is 0.303 e. The van der Waals surface area contributed by atoms with Gasteiger partial charge in [-0.1, -0.05) is 67.6 Å². The van der Waals surface area contributed by atoms with Crippen LogP contribution in [0.2, 0.25) is 0 Å². The summed E-state index contributed by atoms with van der Waals surface area (Å²) in [6.45, 7) is 5.03. The number of carbonyl (C=O) groups is 2. The van der Waals surface area contributed by atoms with Crippen molar-refractivity contribution in [3.8, 4) is 11.1 Å². The Labute approximate surface area is 265 Å². The molecule has 9 nitrogen and oxygen atoms in total. The third-order valence-electron chi connectivity index (χ3n) is 8.87. The number of rotatable bonds is 13. The Morgan fingerprint density at radius 1 is 0.956 bits per heavy atom. The topological polar surface area (TPSA) is 118 Å². The van der Waals surface area contributed by atoms with E-state index < -0.39 is 12.3 Å². The molecule has 240 valence electrons. The summed E-state index contributed by atoms with van der Waals surface area (Å²) >= 11 is 0. The average Bonchev–Trinajstić information content (AvgIpc) is 3.50. The van der Waals surface area contributed by atoms with Gasteiger partial charge in [-0.3, -0.25) is 14.5 Å². The predicted octanol–water partition coefficient (Wildman–Crippen LogP) is 5.23. The van der Waals surface area contributed by atoms with Crippen molar-refractivity contribution in [3.05, 3.63) is 95.1 Å². The molecule has 3 aromatic rings. The number of benzene rings is 3. The molecule has 5 rings (SSSR count). The Hall–Kier alpha value is -3.60. The Morgan fingerprint density at radius 2 is 1.71 bits per heavy atom. The summed E-state index contributed by atoms with van der Waals surface area (Å²) in [4.78, 5) is 25.3. The van der Waals surface area contributed by atoms with Crippen LogP contribution in [0.4, 0.5) is 0 Å². The van der Waals surface area contributed by atoms with Crippen LogP contribution in [0.3, 0.4) is 0 Å². The van der Waals surface area contributed by atoms with Crippen LogP contribution in [-0.2, 0) is 37.0 Å². The van der Waals surface area contributed by atoms with Crippen LogP contribution in [0.15, 0.2) is 72.8 Å². The summed E-state index contributed by atoms with van der Waals surface area (Å²) < 4.78 is 19.0. The first kappa shape index (κ1) is 32.8. The highest BCUT2D eigenvalue weighted by molar-refractivity contribution is 5.80. The summed E-state index contributed by atoms with van der Waals surface area (Å²) in [6, 6.07) is 24.5. The summed E-state index contributed by atoms with van der Waals surface area (Å²) in [5, 5.41) is 21.2. The van der Waals surface area contributed by atoms with Crippen LogP contribution in [-0.4, -0.2) is 65.9 Å². The number of nitrogens with zero attached hydrogens (tertiary/aromatic N) is 1. The zero-order chi connectivity index (χ0) is 31.8. The van der Waals surface area contributed by atoms with Gasteiger partial charge in [-0.05, 0) is 59.3 Å². The molecule has 2 fully saturated rings. The first-order valence-electron chi connectivity index (χ1n) is 15.8. The van der Waals surface area contributed by atoms with E-state index in [0.29, 0.717) is 19.2 Å². The third kappa shape index (κ3) is 8.56. The highest BCUT2D eigenvalue weighted by Crippen LogP contribution is 2.43. The molecule has 0 spiro atoms. The SMILES string of the molecule is COC[C@@H]1CCCN1C[C@H]1O[C@@H](c2cccc(-c3cccc(CNC(=O)CCC(=O)O)c3)c2)O[C@@H](c2ccc(CO)cc2)[C@H]1C. The number of aliphatic carboxylic acids is 1. The van der Waals surface area contributed by atoms with E-state index >= 15 is 0 Å². The fourth-order valence-corrected chi connectivity index (χ4v) is 6.31. The highest BCUT2D eigenvalue weighted by Gasteiger charge is 2.40. The Balaban J connectivity index is 1.36. The fourth-order valence-electron chi connectivity index (χ4n) is 6.31. The van der Waals surface area contributed by atoms with Crippen molar-refractivity contribution in [1.82, 2.24) is 10.2 Å². The van der Waals surface area contributed by atoms with E-state index in [1.165, 1.54) is 0 Å². The van der Waals surface area contributed by atoms with Crippen molar-refractivity contribution in [2.45, 2.75) is 70.3 Å². The lowest BCUT2D eigenvalue weighted by Gasteiger charge is -2.43. The lowest BCUT2D eigenvalue weighted by atomic mass is 9.89. The molecule has 0 aromatic heterocycles. The van der Waals surface area contributed by atoms with Gasteiger partial charge in [0.2, 0.25) is 5.91 Å². The molecular weight excluding hydrogens is 572 g/mol. The van der Waals surface area contributed by atoms with E-state index in [4.69, 9.17) is 19.3 Å². The molecule has 0 aliphatic carbocycles.